The summed E-state index contributed by atoms with van der Waals surface area (Å²) in [5, 5.41) is 0. The molecular formula is C13H17FN2O2. The fraction of sp³-hybridized carbons (Fsp3) is 0.538. The first kappa shape index (κ1) is 11.7. The van der Waals surface area contributed by atoms with Gasteiger partial charge in [0.15, 0.2) is 5.79 Å². The Labute approximate surface area is 105 Å². The van der Waals surface area contributed by atoms with Gasteiger partial charge in [-0.05, 0) is 18.2 Å². The lowest BCUT2D eigenvalue weighted by Crippen LogP contribution is -2.45. The van der Waals surface area contributed by atoms with Crippen molar-refractivity contribution in [2.75, 3.05) is 36.9 Å². The van der Waals surface area contributed by atoms with Gasteiger partial charge in [0, 0.05) is 37.3 Å². The molecule has 2 heterocycles. The molecule has 1 aromatic rings. The summed E-state index contributed by atoms with van der Waals surface area (Å²) in [6.45, 7) is 2.94. The molecule has 0 bridgehead atoms. The average molecular weight is 252 g/mol. The van der Waals surface area contributed by atoms with Crippen molar-refractivity contribution in [1.82, 2.24) is 0 Å². The monoisotopic (exact) mass is 252 g/mol. The highest BCUT2D eigenvalue weighted by Gasteiger charge is 2.39. The smallest absolute Gasteiger partial charge is 0.171 e. The molecule has 2 fully saturated rings. The van der Waals surface area contributed by atoms with E-state index in [-0.39, 0.29) is 5.82 Å². The summed E-state index contributed by atoms with van der Waals surface area (Å²) >= 11 is 0. The van der Waals surface area contributed by atoms with Crippen LogP contribution in [0.5, 0.6) is 0 Å². The van der Waals surface area contributed by atoms with E-state index in [1.54, 1.807) is 6.07 Å². The van der Waals surface area contributed by atoms with Crippen LogP contribution < -0.4 is 10.6 Å². The highest BCUT2D eigenvalue weighted by atomic mass is 19.1. The van der Waals surface area contributed by atoms with E-state index in [2.05, 4.69) is 4.90 Å². The maximum Gasteiger partial charge on any atom is 0.171 e. The number of hydrogen-bond acceptors (Lipinski definition) is 4. The topological polar surface area (TPSA) is 47.7 Å². The number of piperidine rings is 1. The summed E-state index contributed by atoms with van der Waals surface area (Å²) in [5.41, 5.74) is 6.96. The van der Waals surface area contributed by atoms with E-state index >= 15 is 0 Å². The van der Waals surface area contributed by atoms with E-state index in [1.165, 1.54) is 12.1 Å². The van der Waals surface area contributed by atoms with E-state index in [1.807, 2.05) is 0 Å². The second-order valence-corrected chi connectivity index (χ2v) is 4.84. The van der Waals surface area contributed by atoms with Gasteiger partial charge in [0.25, 0.3) is 0 Å². The molecule has 2 saturated heterocycles. The van der Waals surface area contributed by atoms with Gasteiger partial charge in [-0.25, -0.2) is 4.39 Å². The third kappa shape index (κ3) is 2.15. The number of halogens is 1. The molecule has 1 spiro atoms. The summed E-state index contributed by atoms with van der Waals surface area (Å²) in [6, 6.07) is 4.65. The molecule has 2 aliphatic heterocycles. The van der Waals surface area contributed by atoms with Gasteiger partial charge in [-0.2, -0.15) is 0 Å². The van der Waals surface area contributed by atoms with Crippen molar-refractivity contribution in [3.63, 3.8) is 0 Å². The summed E-state index contributed by atoms with van der Waals surface area (Å²) in [7, 11) is 0. The van der Waals surface area contributed by atoms with Gasteiger partial charge in [0.2, 0.25) is 0 Å². The van der Waals surface area contributed by atoms with Crippen LogP contribution in [0.4, 0.5) is 15.8 Å². The van der Waals surface area contributed by atoms with Crippen molar-refractivity contribution in [1.29, 1.82) is 0 Å². The van der Waals surface area contributed by atoms with Crippen molar-refractivity contribution in [3.05, 3.63) is 24.0 Å². The predicted octanol–water partition coefficient (Wildman–Crippen LogP) is 1.75. The Morgan fingerprint density at radius 1 is 1.11 bits per heavy atom. The van der Waals surface area contributed by atoms with Crippen LogP contribution in [0.2, 0.25) is 0 Å². The molecule has 0 saturated carbocycles. The van der Waals surface area contributed by atoms with Gasteiger partial charge in [-0.15, -0.1) is 0 Å². The fourth-order valence-corrected chi connectivity index (χ4v) is 2.67. The average Bonchev–Trinajstić information content (AvgIpc) is 2.77. The molecule has 98 valence electrons. The number of benzene rings is 1. The number of anilines is 2. The third-order valence-electron chi connectivity index (χ3n) is 3.61. The highest BCUT2D eigenvalue weighted by Crippen LogP contribution is 2.33. The first-order chi connectivity index (χ1) is 8.67. The van der Waals surface area contributed by atoms with E-state index in [9.17, 15) is 4.39 Å². The number of ether oxygens (including phenoxy) is 2. The van der Waals surface area contributed by atoms with E-state index < -0.39 is 5.79 Å². The Morgan fingerprint density at radius 2 is 1.78 bits per heavy atom. The van der Waals surface area contributed by atoms with E-state index in [4.69, 9.17) is 15.2 Å². The molecule has 18 heavy (non-hydrogen) atoms. The predicted molar refractivity (Wildman–Crippen MR) is 66.9 cm³/mol. The van der Waals surface area contributed by atoms with Gasteiger partial charge in [0.05, 0.1) is 13.2 Å². The number of hydrogen-bond donors (Lipinski definition) is 1. The number of rotatable bonds is 1. The summed E-state index contributed by atoms with van der Waals surface area (Å²) in [5.74, 6) is -0.686. The Bertz CT molecular complexity index is 416. The van der Waals surface area contributed by atoms with Crippen LogP contribution in [0, 0.1) is 5.82 Å². The zero-order valence-electron chi connectivity index (χ0n) is 10.2. The van der Waals surface area contributed by atoms with Crippen LogP contribution in [-0.4, -0.2) is 32.1 Å². The van der Waals surface area contributed by atoms with Crippen LogP contribution in [0.25, 0.3) is 0 Å². The standard InChI is InChI=1S/C13H17FN2O2/c14-10-7-11(15)9-12(8-10)16-3-1-13(2-4-16)17-5-6-18-13/h7-9H,1-6,15H2. The Hall–Kier alpha value is -1.33. The zero-order valence-corrected chi connectivity index (χ0v) is 10.2. The van der Waals surface area contributed by atoms with Crippen molar-refractivity contribution in [3.8, 4) is 0 Å². The SMILES string of the molecule is Nc1cc(F)cc(N2CCC3(CC2)OCCO3)c1. The van der Waals surface area contributed by atoms with Gasteiger partial charge in [0.1, 0.15) is 5.82 Å². The van der Waals surface area contributed by atoms with Crippen molar-refractivity contribution in [2.24, 2.45) is 0 Å². The Morgan fingerprint density at radius 3 is 2.39 bits per heavy atom. The van der Waals surface area contributed by atoms with Crippen LogP contribution in [0.3, 0.4) is 0 Å². The second-order valence-electron chi connectivity index (χ2n) is 4.84. The molecule has 0 unspecified atom stereocenters. The lowest BCUT2D eigenvalue weighted by molar-refractivity contribution is -0.169. The minimum absolute atomic E-state index is 0.293. The molecule has 1 aromatic carbocycles. The minimum atomic E-state index is -0.393. The van der Waals surface area contributed by atoms with Gasteiger partial charge in [-0.1, -0.05) is 0 Å². The highest BCUT2D eigenvalue weighted by molar-refractivity contribution is 5.56. The second kappa shape index (κ2) is 4.40. The largest absolute Gasteiger partial charge is 0.399 e. The lowest BCUT2D eigenvalue weighted by Gasteiger charge is -2.38. The number of nitrogens with two attached hydrogens (primary N) is 1. The van der Waals surface area contributed by atoms with Crippen molar-refractivity contribution < 1.29 is 13.9 Å². The summed E-state index contributed by atoms with van der Waals surface area (Å²) in [4.78, 5) is 2.12. The van der Waals surface area contributed by atoms with Crippen LogP contribution in [0.15, 0.2) is 18.2 Å². The minimum Gasteiger partial charge on any atom is -0.399 e. The lowest BCUT2D eigenvalue weighted by atomic mass is 10.0. The zero-order chi connectivity index (χ0) is 12.6. The molecule has 5 heteroatoms. The van der Waals surface area contributed by atoms with E-state index in [0.29, 0.717) is 18.9 Å². The Balaban J connectivity index is 1.72. The molecule has 2 N–H and O–H groups in total. The van der Waals surface area contributed by atoms with Gasteiger partial charge >= 0.3 is 0 Å². The van der Waals surface area contributed by atoms with Crippen LogP contribution >= 0.6 is 0 Å². The number of nitrogens with zero attached hydrogens (tertiary/aromatic N) is 1. The normalized spacial score (nSPS) is 22.6. The molecule has 3 rings (SSSR count). The molecule has 0 atom stereocenters. The van der Waals surface area contributed by atoms with Crippen molar-refractivity contribution >= 4 is 11.4 Å². The first-order valence-corrected chi connectivity index (χ1v) is 6.26. The molecule has 2 aliphatic rings. The molecule has 0 aromatic heterocycles. The first-order valence-electron chi connectivity index (χ1n) is 6.26. The summed E-state index contributed by atoms with van der Waals surface area (Å²) < 4.78 is 24.7. The molecule has 4 nitrogen and oxygen atoms in total. The molecule has 0 amide bonds. The van der Waals surface area contributed by atoms with E-state index in [0.717, 1.165) is 31.6 Å². The molecule has 0 aliphatic carbocycles. The quantitative estimate of drug-likeness (QED) is 0.774. The third-order valence-corrected chi connectivity index (χ3v) is 3.61. The van der Waals surface area contributed by atoms with Gasteiger partial charge in [-0.3, -0.25) is 0 Å². The van der Waals surface area contributed by atoms with Gasteiger partial charge < -0.3 is 20.1 Å². The molecule has 0 radical (unpaired) electrons. The number of nitrogen functional groups attached to an aromatic ring is 1. The fourth-order valence-electron chi connectivity index (χ4n) is 2.67. The maximum absolute atomic E-state index is 13.3. The van der Waals surface area contributed by atoms with Crippen LogP contribution in [0.1, 0.15) is 12.8 Å². The maximum atomic E-state index is 13.3. The van der Waals surface area contributed by atoms with Crippen LogP contribution in [-0.2, 0) is 9.47 Å². The van der Waals surface area contributed by atoms with Crippen molar-refractivity contribution in [2.45, 2.75) is 18.6 Å². The summed E-state index contributed by atoms with van der Waals surface area (Å²) in [6.07, 6.45) is 1.62. The molecular weight excluding hydrogens is 235 g/mol. The Kier molecular flexibility index (Phi) is 2.87.